The summed E-state index contributed by atoms with van der Waals surface area (Å²) >= 11 is 0. The quantitative estimate of drug-likeness (QED) is 0.247. The fraction of sp³-hybridized carbons (Fsp3) is 0. The lowest BCUT2D eigenvalue weighted by atomic mass is 9.93. The maximum absolute atomic E-state index is 5.07. The molecule has 0 spiro atoms. The average molecular weight is 459 g/mol. The van der Waals surface area contributed by atoms with E-state index in [1.807, 2.05) is 24.4 Å². The highest BCUT2D eigenvalue weighted by molar-refractivity contribution is 6.13. The van der Waals surface area contributed by atoms with E-state index >= 15 is 0 Å². The lowest BCUT2D eigenvalue weighted by Crippen LogP contribution is -1.91. The number of hydrogen-bond donors (Lipinski definition) is 0. The van der Waals surface area contributed by atoms with Crippen LogP contribution in [0.1, 0.15) is 0 Å². The van der Waals surface area contributed by atoms with Crippen LogP contribution in [0.3, 0.4) is 0 Å². The molecule has 36 heavy (non-hydrogen) atoms. The molecule has 0 saturated carbocycles. The van der Waals surface area contributed by atoms with E-state index in [0.717, 1.165) is 38.8 Å². The Balaban J connectivity index is 1.42. The van der Waals surface area contributed by atoms with E-state index < -0.39 is 0 Å². The average Bonchev–Trinajstić information content (AvgIpc) is 2.97. The van der Waals surface area contributed by atoms with Gasteiger partial charge in [-0.15, -0.1) is 0 Å². The molecule has 7 rings (SSSR count). The second-order valence-corrected chi connectivity index (χ2v) is 9.10. The SMILES string of the molecule is c1ccc(-c2cc(-c3ccc(-c4cnc5ccccc5c4)cc3)c3c(ccc4ccccc43)n2)cc1. The van der Waals surface area contributed by atoms with E-state index in [1.54, 1.807) is 0 Å². The van der Waals surface area contributed by atoms with Gasteiger partial charge in [0.15, 0.2) is 0 Å². The highest BCUT2D eigenvalue weighted by Gasteiger charge is 2.13. The Bertz CT molecular complexity index is 1870. The van der Waals surface area contributed by atoms with Crippen LogP contribution in [0.4, 0.5) is 0 Å². The van der Waals surface area contributed by atoms with Crippen molar-refractivity contribution in [2.24, 2.45) is 0 Å². The molecule has 168 valence electrons. The van der Waals surface area contributed by atoms with Crippen LogP contribution in [0.15, 0.2) is 134 Å². The zero-order chi connectivity index (χ0) is 23.9. The zero-order valence-electron chi connectivity index (χ0n) is 19.6. The minimum absolute atomic E-state index is 0.983. The van der Waals surface area contributed by atoms with Gasteiger partial charge in [0.25, 0.3) is 0 Å². The second-order valence-electron chi connectivity index (χ2n) is 9.10. The van der Waals surface area contributed by atoms with E-state index in [9.17, 15) is 0 Å². The highest BCUT2D eigenvalue weighted by Crippen LogP contribution is 2.37. The van der Waals surface area contributed by atoms with Gasteiger partial charge in [0.05, 0.1) is 16.7 Å². The molecule has 0 aliphatic heterocycles. The molecule has 0 N–H and O–H groups in total. The van der Waals surface area contributed by atoms with Gasteiger partial charge in [0, 0.05) is 28.1 Å². The molecule has 0 aliphatic carbocycles. The highest BCUT2D eigenvalue weighted by atomic mass is 14.7. The zero-order valence-corrected chi connectivity index (χ0v) is 19.6. The van der Waals surface area contributed by atoms with Crippen LogP contribution >= 0.6 is 0 Å². The standard InChI is InChI=1S/C34H22N2/c1-2-9-26(10-3-1)33-21-30(34-29-12-6-4-8-24(29)18-19-32(34)36-33)25-16-14-23(15-17-25)28-20-27-11-5-7-13-31(27)35-22-28/h1-22H. The summed E-state index contributed by atoms with van der Waals surface area (Å²) in [6.45, 7) is 0. The fourth-order valence-corrected chi connectivity index (χ4v) is 5.06. The number of benzene rings is 5. The summed E-state index contributed by atoms with van der Waals surface area (Å²) < 4.78 is 0. The molecule has 2 nitrogen and oxygen atoms in total. The number of rotatable bonds is 3. The first-order valence-corrected chi connectivity index (χ1v) is 12.2. The summed E-state index contributed by atoms with van der Waals surface area (Å²) in [7, 11) is 0. The molecule has 0 atom stereocenters. The van der Waals surface area contributed by atoms with Gasteiger partial charge in [0.1, 0.15) is 0 Å². The number of pyridine rings is 2. The lowest BCUT2D eigenvalue weighted by Gasteiger charge is -2.13. The molecule has 0 radical (unpaired) electrons. The van der Waals surface area contributed by atoms with Gasteiger partial charge < -0.3 is 0 Å². The summed E-state index contributed by atoms with van der Waals surface area (Å²) in [6.07, 6.45) is 1.96. The van der Waals surface area contributed by atoms with Crippen molar-refractivity contribution in [3.05, 3.63) is 134 Å². The van der Waals surface area contributed by atoms with Crippen LogP contribution in [0.2, 0.25) is 0 Å². The Kier molecular flexibility index (Phi) is 4.82. The van der Waals surface area contributed by atoms with Crippen LogP contribution in [-0.4, -0.2) is 9.97 Å². The van der Waals surface area contributed by atoms with Crippen LogP contribution in [0, 0.1) is 0 Å². The molecule has 0 fully saturated rings. The van der Waals surface area contributed by atoms with Gasteiger partial charge in [-0.2, -0.15) is 0 Å². The molecular formula is C34H22N2. The largest absolute Gasteiger partial charge is 0.256 e. The summed E-state index contributed by atoms with van der Waals surface area (Å²) in [5.41, 5.74) is 8.77. The molecule has 2 heteroatoms. The smallest absolute Gasteiger partial charge is 0.0722 e. The van der Waals surface area contributed by atoms with Crippen molar-refractivity contribution < 1.29 is 0 Å². The van der Waals surface area contributed by atoms with Gasteiger partial charge in [-0.3, -0.25) is 4.98 Å². The van der Waals surface area contributed by atoms with E-state index in [2.05, 4.69) is 114 Å². The molecule has 0 bridgehead atoms. The molecular weight excluding hydrogens is 436 g/mol. The lowest BCUT2D eigenvalue weighted by molar-refractivity contribution is 1.40. The van der Waals surface area contributed by atoms with Crippen molar-refractivity contribution in [2.45, 2.75) is 0 Å². The Morgan fingerprint density at radius 3 is 2.03 bits per heavy atom. The maximum atomic E-state index is 5.07. The third-order valence-electron chi connectivity index (χ3n) is 6.89. The fourth-order valence-electron chi connectivity index (χ4n) is 5.06. The molecule has 0 amide bonds. The first-order valence-electron chi connectivity index (χ1n) is 12.2. The first kappa shape index (κ1) is 20.5. The molecule has 2 aromatic heterocycles. The van der Waals surface area contributed by atoms with Crippen molar-refractivity contribution in [1.29, 1.82) is 0 Å². The molecule has 0 saturated heterocycles. The van der Waals surface area contributed by atoms with Gasteiger partial charge >= 0.3 is 0 Å². The monoisotopic (exact) mass is 458 g/mol. The van der Waals surface area contributed by atoms with Crippen molar-refractivity contribution in [3.8, 4) is 33.5 Å². The third-order valence-corrected chi connectivity index (χ3v) is 6.89. The van der Waals surface area contributed by atoms with Crippen molar-refractivity contribution in [1.82, 2.24) is 9.97 Å². The number of hydrogen-bond acceptors (Lipinski definition) is 2. The summed E-state index contributed by atoms with van der Waals surface area (Å²) in [4.78, 5) is 9.72. The molecule has 7 aromatic rings. The van der Waals surface area contributed by atoms with Crippen molar-refractivity contribution in [3.63, 3.8) is 0 Å². The van der Waals surface area contributed by atoms with Crippen LogP contribution in [0.5, 0.6) is 0 Å². The predicted octanol–water partition coefficient (Wildman–Crippen LogP) is 8.94. The summed E-state index contributed by atoms with van der Waals surface area (Å²) in [6, 6.07) is 44.8. The van der Waals surface area contributed by atoms with Gasteiger partial charge in [-0.25, -0.2) is 4.98 Å². The maximum Gasteiger partial charge on any atom is 0.0722 e. The summed E-state index contributed by atoms with van der Waals surface area (Å²) in [5.74, 6) is 0. The van der Waals surface area contributed by atoms with Crippen LogP contribution in [0.25, 0.3) is 66.1 Å². The van der Waals surface area contributed by atoms with E-state index in [0.29, 0.717) is 0 Å². The van der Waals surface area contributed by atoms with Gasteiger partial charge in [-0.05, 0) is 51.7 Å². The van der Waals surface area contributed by atoms with E-state index in [4.69, 9.17) is 4.98 Å². The Hall–Kier alpha value is -4.82. The minimum atomic E-state index is 0.983. The molecule has 0 aliphatic rings. The number of aromatic nitrogens is 2. The molecule has 2 heterocycles. The first-order chi connectivity index (χ1) is 17.8. The van der Waals surface area contributed by atoms with Gasteiger partial charge in [-0.1, -0.05) is 103 Å². The topological polar surface area (TPSA) is 25.8 Å². The Morgan fingerprint density at radius 1 is 0.444 bits per heavy atom. The Morgan fingerprint density at radius 2 is 1.17 bits per heavy atom. The normalized spacial score (nSPS) is 11.3. The van der Waals surface area contributed by atoms with Crippen LogP contribution < -0.4 is 0 Å². The third kappa shape index (κ3) is 3.52. The summed E-state index contributed by atoms with van der Waals surface area (Å²) in [5, 5.41) is 4.78. The van der Waals surface area contributed by atoms with Crippen LogP contribution in [-0.2, 0) is 0 Å². The van der Waals surface area contributed by atoms with Crippen molar-refractivity contribution in [2.75, 3.05) is 0 Å². The number of nitrogens with zero attached hydrogens (tertiary/aromatic N) is 2. The Labute approximate surface area is 209 Å². The van der Waals surface area contributed by atoms with Crippen molar-refractivity contribution >= 4 is 32.6 Å². The van der Waals surface area contributed by atoms with E-state index in [1.165, 1.54) is 27.3 Å². The molecule has 5 aromatic carbocycles. The minimum Gasteiger partial charge on any atom is -0.256 e. The predicted molar refractivity (Wildman–Crippen MR) is 151 cm³/mol. The second kappa shape index (κ2) is 8.44. The van der Waals surface area contributed by atoms with Gasteiger partial charge in [0.2, 0.25) is 0 Å². The molecule has 0 unspecified atom stereocenters. The van der Waals surface area contributed by atoms with E-state index in [-0.39, 0.29) is 0 Å². The number of para-hydroxylation sites is 1. The number of fused-ring (bicyclic) bond motifs is 4.